The van der Waals surface area contributed by atoms with Crippen molar-refractivity contribution in [3.63, 3.8) is 0 Å². The first-order valence-electron chi connectivity index (χ1n) is 6.31. The average Bonchev–Trinajstić information content (AvgIpc) is 2.18. The molecule has 0 aliphatic carbocycles. The molecule has 18 heavy (non-hydrogen) atoms. The first-order chi connectivity index (χ1) is 8.26. The first-order valence-corrected chi connectivity index (χ1v) is 6.31. The van der Waals surface area contributed by atoms with Gasteiger partial charge in [-0.15, -0.1) is 0 Å². The lowest BCUT2D eigenvalue weighted by molar-refractivity contribution is 0.0508. The molecule has 3 heteroatoms. The van der Waals surface area contributed by atoms with E-state index in [1.807, 2.05) is 27.7 Å². The number of amides is 1. The summed E-state index contributed by atoms with van der Waals surface area (Å²) >= 11 is 0. The van der Waals surface area contributed by atoms with Crippen LogP contribution in [-0.2, 0) is 11.2 Å². The van der Waals surface area contributed by atoms with Crippen molar-refractivity contribution in [2.24, 2.45) is 0 Å². The van der Waals surface area contributed by atoms with Crippen LogP contribution in [0.2, 0.25) is 0 Å². The molecule has 1 rings (SSSR count). The van der Waals surface area contributed by atoms with Gasteiger partial charge in [0.2, 0.25) is 0 Å². The van der Waals surface area contributed by atoms with Crippen LogP contribution in [0.3, 0.4) is 0 Å². The molecule has 3 nitrogen and oxygen atoms in total. The van der Waals surface area contributed by atoms with Crippen LogP contribution < -0.4 is 5.32 Å². The van der Waals surface area contributed by atoms with Crippen LogP contribution in [-0.4, -0.2) is 17.7 Å². The lowest BCUT2D eigenvalue weighted by Gasteiger charge is -2.22. The zero-order chi connectivity index (χ0) is 13.8. The third kappa shape index (κ3) is 5.71. The highest BCUT2D eigenvalue weighted by molar-refractivity contribution is 5.68. The molecule has 1 atom stereocenters. The second kappa shape index (κ2) is 5.89. The molecule has 0 radical (unpaired) electrons. The van der Waals surface area contributed by atoms with E-state index >= 15 is 0 Å². The van der Waals surface area contributed by atoms with Crippen LogP contribution in [0.5, 0.6) is 0 Å². The number of alkyl carbamates (subject to hydrolysis) is 1. The average molecular weight is 249 g/mol. The lowest BCUT2D eigenvalue weighted by Crippen LogP contribution is -2.38. The third-order valence-electron chi connectivity index (χ3n) is 2.43. The van der Waals surface area contributed by atoms with Crippen LogP contribution >= 0.6 is 0 Å². The van der Waals surface area contributed by atoms with Gasteiger partial charge in [-0.05, 0) is 46.6 Å². The Morgan fingerprint density at radius 2 is 1.83 bits per heavy atom. The van der Waals surface area contributed by atoms with Crippen molar-refractivity contribution in [1.29, 1.82) is 0 Å². The van der Waals surface area contributed by atoms with Crippen molar-refractivity contribution in [1.82, 2.24) is 5.32 Å². The zero-order valence-electron chi connectivity index (χ0n) is 11.9. The summed E-state index contributed by atoms with van der Waals surface area (Å²) in [7, 11) is 0. The molecule has 0 bridgehead atoms. The van der Waals surface area contributed by atoms with Gasteiger partial charge < -0.3 is 10.1 Å². The normalized spacial score (nSPS) is 12.9. The summed E-state index contributed by atoms with van der Waals surface area (Å²) in [5.74, 6) is 0. The number of benzene rings is 1. The van der Waals surface area contributed by atoms with Crippen LogP contribution in [0, 0.1) is 6.92 Å². The predicted molar refractivity (Wildman–Crippen MR) is 73.7 cm³/mol. The van der Waals surface area contributed by atoms with Gasteiger partial charge in [0.05, 0.1) is 0 Å². The molecule has 100 valence electrons. The van der Waals surface area contributed by atoms with E-state index in [0.717, 1.165) is 6.42 Å². The van der Waals surface area contributed by atoms with E-state index in [2.05, 4.69) is 36.5 Å². The van der Waals surface area contributed by atoms with Crippen molar-refractivity contribution < 1.29 is 9.53 Å². The number of aryl methyl sites for hydroxylation is 1. The first kappa shape index (κ1) is 14.6. The van der Waals surface area contributed by atoms with Gasteiger partial charge in [-0.1, -0.05) is 29.8 Å². The van der Waals surface area contributed by atoms with E-state index in [4.69, 9.17) is 4.74 Å². The molecule has 1 N–H and O–H groups in total. The van der Waals surface area contributed by atoms with Crippen LogP contribution in [0.1, 0.15) is 38.8 Å². The maximum Gasteiger partial charge on any atom is 0.407 e. The molecule has 0 aliphatic heterocycles. The highest BCUT2D eigenvalue weighted by Crippen LogP contribution is 2.09. The molecule has 0 saturated carbocycles. The number of carbonyl (C=O) groups is 1. The number of hydrogen-bond acceptors (Lipinski definition) is 2. The van der Waals surface area contributed by atoms with E-state index < -0.39 is 5.60 Å². The smallest absolute Gasteiger partial charge is 0.407 e. The van der Waals surface area contributed by atoms with Crippen LogP contribution in [0.4, 0.5) is 4.79 Å². The molecule has 1 aromatic carbocycles. The Kier molecular flexibility index (Phi) is 4.76. The van der Waals surface area contributed by atoms with Crippen molar-refractivity contribution in [2.45, 2.75) is 52.7 Å². The Morgan fingerprint density at radius 1 is 1.28 bits per heavy atom. The van der Waals surface area contributed by atoms with E-state index in [0.29, 0.717) is 0 Å². The molecule has 0 spiro atoms. The SMILES string of the molecule is Cc1ccc(C[C@@H](C)NC(=O)OC(C)(C)C)cc1. The van der Waals surface area contributed by atoms with Crippen LogP contribution in [0.15, 0.2) is 24.3 Å². The Labute approximate surface area is 110 Å². The minimum atomic E-state index is -0.451. The van der Waals surface area contributed by atoms with Gasteiger partial charge in [-0.2, -0.15) is 0 Å². The number of nitrogens with one attached hydrogen (secondary N) is 1. The minimum absolute atomic E-state index is 0.0579. The van der Waals surface area contributed by atoms with Gasteiger partial charge >= 0.3 is 6.09 Å². The molecular formula is C15H23NO2. The maximum atomic E-state index is 11.6. The second-order valence-corrected chi connectivity index (χ2v) is 5.74. The summed E-state index contributed by atoms with van der Waals surface area (Å²) in [4.78, 5) is 11.6. The molecule has 0 heterocycles. The standard InChI is InChI=1S/C15H23NO2/c1-11-6-8-13(9-7-11)10-12(2)16-14(17)18-15(3,4)5/h6-9,12H,10H2,1-5H3,(H,16,17)/t12-/m1/s1. The minimum Gasteiger partial charge on any atom is -0.444 e. The highest BCUT2D eigenvalue weighted by Gasteiger charge is 2.17. The summed E-state index contributed by atoms with van der Waals surface area (Å²) in [5.41, 5.74) is 2.00. The largest absolute Gasteiger partial charge is 0.444 e. The fraction of sp³-hybridized carbons (Fsp3) is 0.533. The molecule has 1 aromatic rings. The molecular weight excluding hydrogens is 226 g/mol. The Morgan fingerprint density at radius 3 is 2.33 bits per heavy atom. The van der Waals surface area contributed by atoms with Gasteiger partial charge in [0.25, 0.3) is 0 Å². The van der Waals surface area contributed by atoms with Gasteiger partial charge in [0.1, 0.15) is 5.60 Å². The lowest BCUT2D eigenvalue weighted by atomic mass is 10.1. The van der Waals surface area contributed by atoms with E-state index in [1.54, 1.807) is 0 Å². The van der Waals surface area contributed by atoms with Gasteiger partial charge in [0.15, 0.2) is 0 Å². The summed E-state index contributed by atoms with van der Waals surface area (Å²) in [6.45, 7) is 9.61. The van der Waals surface area contributed by atoms with Crippen LogP contribution in [0.25, 0.3) is 0 Å². The maximum absolute atomic E-state index is 11.6. The molecule has 0 fully saturated rings. The molecule has 0 unspecified atom stereocenters. The number of carbonyl (C=O) groups excluding carboxylic acids is 1. The van der Waals surface area contributed by atoms with E-state index in [1.165, 1.54) is 11.1 Å². The Hall–Kier alpha value is -1.51. The third-order valence-corrected chi connectivity index (χ3v) is 2.43. The van der Waals surface area contributed by atoms with Gasteiger partial charge in [0, 0.05) is 6.04 Å². The fourth-order valence-electron chi connectivity index (χ4n) is 1.64. The summed E-state index contributed by atoms with van der Waals surface area (Å²) < 4.78 is 5.22. The van der Waals surface area contributed by atoms with E-state index in [-0.39, 0.29) is 12.1 Å². The van der Waals surface area contributed by atoms with Crippen molar-refractivity contribution in [3.8, 4) is 0 Å². The highest BCUT2D eigenvalue weighted by atomic mass is 16.6. The van der Waals surface area contributed by atoms with Gasteiger partial charge in [-0.3, -0.25) is 0 Å². The summed E-state index contributed by atoms with van der Waals surface area (Å²) in [6, 6.07) is 8.39. The van der Waals surface area contributed by atoms with E-state index in [9.17, 15) is 4.79 Å². The van der Waals surface area contributed by atoms with Crippen molar-refractivity contribution in [2.75, 3.05) is 0 Å². The quantitative estimate of drug-likeness (QED) is 0.891. The number of hydrogen-bond donors (Lipinski definition) is 1. The second-order valence-electron chi connectivity index (χ2n) is 5.74. The van der Waals surface area contributed by atoms with Crippen molar-refractivity contribution in [3.05, 3.63) is 35.4 Å². The summed E-state index contributed by atoms with van der Waals surface area (Å²) in [5, 5.41) is 2.84. The van der Waals surface area contributed by atoms with Gasteiger partial charge in [-0.25, -0.2) is 4.79 Å². The monoisotopic (exact) mass is 249 g/mol. The number of ether oxygens (including phenoxy) is 1. The molecule has 1 amide bonds. The fourth-order valence-corrected chi connectivity index (χ4v) is 1.64. The van der Waals surface area contributed by atoms with Crippen molar-refractivity contribution >= 4 is 6.09 Å². The topological polar surface area (TPSA) is 38.3 Å². The number of rotatable bonds is 3. The Balaban J connectivity index is 2.44. The Bertz CT molecular complexity index is 390. The molecule has 0 aromatic heterocycles. The summed E-state index contributed by atoms with van der Waals surface area (Å²) in [6.07, 6.45) is 0.446. The molecule has 0 saturated heterocycles. The predicted octanol–water partition coefficient (Wildman–Crippen LogP) is 3.45. The molecule has 0 aliphatic rings. The zero-order valence-corrected chi connectivity index (χ0v) is 11.9.